The average molecular weight is 397 g/mol. The van der Waals surface area contributed by atoms with Gasteiger partial charge in [-0.15, -0.1) is 11.3 Å². The Hall–Kier alpha value is -2.12. The predicted octanol–water partition coefficient (Wildman–Crippen LogP) is 3.21. The van der Waals surface area contributed by atoms with Crippen LogP contribution in [0.25, 0.3) is 0 Å². The molecule has 8 heteroatoms. The van der Waals surface area contributed by atoms with Crippen molar-refractivity contribution in [1.82, 2.24) is 9.80 Å². The minimum absolute atomic E-state index is 0.00685. The van der Waals surface area contributed by atoms with Crippen LogP contribution in [-0.2, 0) is 4.79 Å². The van der Waals surface area contributed by atoms with Crippen molar-refractivity contribution in [2.75, 3.05) is 32.8 Å². The van der Waals surface area contributed by atoms with Crippen molar-refractivity contribution in [3.05, 3.63) is 50.9 Å². The zero-order chi connectivity index (χ0) is 18.7. The molecule has 0 atom stereocenters. The van der Waals surface area contributed by atoms with Crippen molar-refractivity contribution in [3.63, 3.8) is 0 Å². The number of amides is 2. The van der Waals surface area contributed by atoms with Gasteiger partial charge < -0.3 is 14.5 Å². The highest BCUT2D eigenvalue weighted by Gasteiger charge is 2.25. The molecule has 0 radical (unpaired) electrons. The van der Waals surface area contributed by atoms with Crippen LogP contribution in [0.3, 0.4) is 0 Å². The van der Waals surface area contributed by atoms with Crippen molar-refractivity contribution in [3.8, 4) is 5.75 Å². The van der Waals surface area contributed by atoms with Crippen LogP contribution in [0.5, 0.6) is 5.75 Å². The summed E-state index contributed by atoms with van der Waals surface area (Å²) in [5.74, 6) is -0.365. The Bertz CT molecular complexity index is 819. The number of carbonyl (C=O) groups is 2. The molecule has 2 amide bonds. The highest BCUT2D eigenvalue weighted by atomic mass is 35.5. The lowest BCUT2D eigenvalue weighted by Crippen LogP contribution is -2.51. The third kappa shape index (κ3) is 4.34. The Morgan fingerprint density at radius 3 is 2.46 bits per heavy atom. The lowest BCUT2D eigenvalue weighted by Gasteiger charge is -2.34. The second-order valence-electron chi connectivity index (χ2n) is 5.95. The fraction of sp³-hybridized carbons (Fsp3) is 0.333. The summed E-state index contributed by atoms with van der Waals surface area (Å²) < 4.78 is 18.5. The van der Waals surface area contributed by atoms with Gasteiger partial charge in [-0.05, 0) is 31.2 Å². The Kier molecular flexibility index (Phi) is 5.78. The minimum Gasteiger partial charge on any atom is -0.484 e. The minimum atomic E-state index is -0.535. The van der Waals surface area contributed by atoms with Gasteiger partial charge in [-0.2, -0.15) is 0 Å². The second kappa shape index (κ2) is 8.05. The van der Waals surface area contributed by atoms with Gasteiger partial charge in [0.25, 0.3) is 11.8 Å². The number of carbonyl (C=O) groups excluding carboxylic acids is 2. The fourth-order valence-electron chi connectivity index (χ4n) is 2.67. The molecule has 5 nitrogen and oxygen atoms in total. The number of hydrogen-bond donors (Lipinski definition) is 0. The number of aryl methyl sites for hydroxylation is 1. The van der Waals surface area contributed by atoms with E-state index in [0.29, 0.717) is 31.9 Å². The van der Waals surface area contributed by atoms with E-state index in [9.17, 15) is 14.0 Å². The molecular formula is C18H18ClFN2O3S. The molecule has 2 heterocycles. The molecule has 0 bridgehead atoms. The molecule has 0 aliphatic carbocycles. The van der Waals surface area contributed by atoms with Crippen LogP contribution < -0.4 is 4.74 Å². The van der Waals surface area contributed by atoms with Crippen molar-refractivity contribution >= 4 is 34.8 Å². The van der Waals surface area contributed by atoms with Crippen molar-refractivity contribution in [2.45, 2.75) is 6.92 Å². The Morgan fingerprint density at radius 2 is 1.85 bits per heavy atom. The molecule has 138 valence electrons. The molecule has 0 saturated carbocycles. The van der Waals surface area contributed by atoms with E-state index < -0.39 is 5.82 Å². The normalized spacial score (nSPS) is 14.4. The maximum atomic E-state index is 13.1. The van der Waals surface area contributed by atoms with Gasteiger partial charge in [0.1, 0.15) is 11.6 Å². The van der Waals surface area contributed by atoms with Gasteiger partial charge in [0, 0.05) is 37.1 Å². The first-order chi connectivity index (χ1) is 12.4. The summed E-state index contributed by atoms with van der Waals surface area (Å²) in [6.45, 7) is 3.71. The zero-order valence-corrected chi connectivity index (χ0v) is 15.8. The summed E-state index contributed by atoms with van der Waals surface area (Å²) >= 11 is 7.16. The first kappa shape index (κ1) is 18.7. The van der Waals surface area contributed by atoms with Crippen LogP contribution in [0.4, 0.5) is 4.39 Å². The SMILES string of the molecule is Cc1ccc(C(=O)N2CCN(C(=O)COc3ccc(F)c(Cl)c3)CC2)s1. The van der Waals surface area contributed by atoms with Gasteiger partial charge in [0.05, 0.1) is 9.90 Å². The largest absolute Gasteiger partial charge is 0.484 e. The van der Waals surface area contributed by atoms with Gasteiger partial charge in [-0.3, -0.25) is 9.59 Å². The third-order valence-corrected chi connectivity index (χ3v) is 5.40. The average Bonchev–Trinajstić information content (AvgIpc) is 3.08. The second-order valence-corrected chi connectivity index (χ2v) is 7.64. The Balaban J connectivity index is 1.48. The molecule has 1 aromatic carbocycles. The molecule has 1 aliphatic rings. The van der Waals surface area contributed by atoms with Crippen LogP contribution in [-0.4, -0.2) is 54.4 Å². The molecule has 1 aromatic heterocycles. The van der Waals surface area contributed by atoms with Crippen molar-refractivity contribution in [2.24, 2.45) is 0 Å². The number of rotatable bonds is 4. The van der Waals surface area contributed by atoms with Gasteiger partial charge >= 0.3 is 0 Å². The van der Waals surface area contributed by atoms with Crippen LogP contribution >= 0.6 is 22.9 Å². The van der Waals surface area contributed by atoms with E-state index in [1.807, 2.05) is 19.1 Å². The number of nitrogens with zero attached hydrogens (tertiary/aromatic N) is 2. The van der Waals surface area contributed by atoms with Gasteiger partial charge in [-0.1, -0.05) is 11.6 Å². The van der Waals surface area contributed by atoms with Gasteiger partial charge in [-0.25, -0.2) is 4.39 Å². The lowest BCUT2D eigenvalue weighted by atomic mass is 10.3. The quantitative estimate of drug-likeness (QED) is 0.797. The van der Waals surface area contributed by atoms with E-state index in [-0.39, 0.29) is 23.4 Å². The fourth-order valence-corrected chi connectivity index (χ4v) is 3.67. The van der Waals surface area contributed by atoms with E-state index in [1.165, 1.54) is 29.5 Å². The van der Waals surface area contributed by atoms with Crippen LogP contribution in [0.1, 0.15) is 14.5 Å². The molecule has 1 saturated heterocycles. The molecule has 1 fully saturated rings. The van der Waals surface area contributed by atoms with Gasteiger partial charge in [0.15, 0.2) is 6.61 Å². The number of piperazine rings is 1. The number of thiophene rings is 1. The van der Waals surface area contributed by atoms with E-state index in [4.69, 9.17) is 16.3 Å². The highest BCUT2D eigenvalue weighted by Crippen LogP contribution is 2.21. The summed E-state index contributed by atoms with van der Waals surface area (Å²) in [5, 5.41) is -0.0501. The maximum Gasteiger partial charge on any atom is 0.264 e. The van der Waals surface area contributed by atoms with Crippen molar-refractivity contribution < 1.29 is 18.7 Å². The lowest BCUT2D eigenvalue weighted by molar-refractivity contribution is -0.134. The van der Waals surface area contributed by atoms with Crippen LogP contribution in [0, 0.1) is 12.7 Å². The number of benzene rings is 1. The van der Waals surface area contributed by atoms with E-state index in [0.717, 1.165) is 9.75 Å². The number of hydrogen-bond acceptors (Lipinski definition) is 4. The summed E-state index contributed by atoms with van der Waals surface area (Å²) in [6.07, 6.45) is 0. The van der Waals surface area contributed by atoms with Crippen LogP contribution in [0.2, 0.25) is 5.02 Å². The number of ether oxygens (including phenoxy) is 1. The topological polar surface area (TPSA) is 49.9 Å². The van der Waals surface area contributed by atoms with E-state index in [2.05, 4.69) is 0 Å². The monoisotopic (exact) mass is 396 g/mol. The van der Waals surface area contributed by atoms with E-state index >= 15 is 0 Å². The first-order valence-corrected chi connectivity index (χ1v) is 9.35. The first-order valence-electron chi connectivity index (χ1n) is 8.15. The smallest absolute Gasteiger partial charge is 0.264 e. The Labute approximate surface area is 159 Å². The molecule has 0 unspecified atom stereocenters. The molecule has 1 aliphatic heterocycles. The zero-order valence-electron chi connectivity index (χ0n) is 14.2. The predicted molar refractivity (Wildman–Crippen MR) is 98.4 cm³/mol. The van der Waals surface area contributed by atoms with Crippen molar-refractivity contribution in [1.29, 1.82) is 0 Å². The van der Waals surface area contributed by atoms with Crippen LogP contribution in [0.15, 0.2) is 30.3 Å². The standard InChI is InChI=1S/C18H18ClFN2O3S/c1-12-2-5-16(26-12)18(24)22-8-6-21(7-9-22)17(23)11-25-13-3-4-15(20)14(19)10-13/h2-5,10H,6-9,11H2,1H3. The molecule has 0 spiro atoms. The molecular weight excluding hydrogens is 379 g/mol. The summed E-state index contributed by atoms with van der Waals surface area (Å²) in [6, 6.07) is 7.72. The van der Waals surface area contributed by atoms with E-state index in [1.54, 1.807) is 9.80 Å². The molecule has 2 aromatic rings. The molecule has 26 heavy (non-hydrogen) atoms. The third-order valence-electron chi connectivity index (χ3n) is 4.12. The summed E-state index contributed by atoms with van der Waals surface area (Å²) in [4.78, 5) is 29.9. The summed E-state index contributed by atoms with van der Waals surface area (Å²) in [7, 11) is 0. The van der Waals surface area contributed by atoms with Gasteiger partial charge in [0.2, 0.25) is 0 Å². The molecule has 0 N–H and O–H groups in total. The highest BCUT2D eigenvalue weighted by molar-refractivity contribution is 7.13. The molecule has 3 rings (SSSR count). The maximum absolute atomic E-state index is 13.1. The summed E-state index contributed by atoms with van der Waals surface area (Å²) in [5.41, 5.74) is 0. The Morgan fingerprint density at radius 1 is 1.15 bits per heavy atom. The number of halogens is 2.